The normalized spacial score (nSPS) is 17.4. The minimum Gasteiger partial charge on any atom is -0.507 e. The van der Waals surface area contributed by atoms with Crippen LogP contribution in [0.5, 0.6) is 11.5 Å². The van der Waals surface area contributed by atoms with E-state index in [1.165, 1.54) is 19.1 Å². The van der Waals surface area contributed by atoms with Gasteiger partial charge in [0.2, 0.25) is 0 Å². The molecule has 0 unspecified atom stereocenters. The number of imidazole rings is 1. The number of benzene rings is 2. The zero-order chi connectivity index (χ0) is 23.4. The van der Waals surface area contributed by atoms with Gasteiger partial charge in [0.25, 0.3) is 11.7 Å². The summed E-state index contributed by atoms with van der Waals surface area (Å²) in [4.78, 5) is 31.7. The van der Waals surface area contributed by atoms with Gasteiger partial charge in [-0.2, -0.15) is 0 Å². The van der Waals surface area contributed by atoms with Gasteiger partial charge in [-0.25, -0.2) is 4.98 Å². The number of nitrogens with zero attached hydrogens (tertiary/aromatic N) is 3. The number of aliphatic hydroxyl groups is 1. The maximum atomic E-state index is 13.1. The summed E-state index contributed by atoms with van der Waals surface area (Å²) in [5.41, 5.74) is 1.10. The van der Waals surface area contributed by atoms with Crippen molar-refractivity contribution in [3.05, 3.63) is 84.0 Å². The molecule has 4 rings (SSSR count). The van der Waals surface area contributed by atoms with E-state index >= 15 is 0 Å². The maximum absolute atomic E-state index is 13.1. The van der Waals surface area contributed by atoms with E-state index < -0.39 is 17.7 Å². The lowest BCUT2D eigenvalue weighted by atomic mass is 9.95. The Hall–Kier alpha value is -4.07. The first-order valence-electron chi connectivity index (χ1n) is 10.6. The van der Waals surface area contributed by atoms with Crippen LogP contribution in [-0.4, -0.2) is 52.0 Å². The van der Waals surface area contributed by atoms with Crippen molar-refractivity contribution < 1.29 is 24.2 Å². The van der Waals surface area contributed by atoms with Crippen molar-refractivity contribution in [2.24, 2.45) is 0 Å². The van der Waals surface area contributed by atoms with Crippen LogP contribution < -0.4 is 9.47 Å². The van der Waals surface area contributed by atoms with Gasteiger partial charge in [-0.05, 0) is 24.1 Å². The van der Waals surface area contributed by atoms with Crippen LogP contribution in [0.15, 0.2) is 72.8 Å². The van der Waals surface area contributed by atoms with E-state index in [0.717, 1.165) is 5.56 Å². The number of carbonyl (C=O) groups is 2. The molecule has 1 fully saturated rings. The predicted octanol–water partition coefficient (Wildman–Crippen LogP) is 3.41. The lowest BCUT2D eigenvalue weighted by Gasteiger charge is -2.25. The van der Waals surface area contributed by atoms with E-state index in [2.05, 4.69) is 4.98 Å². The molecule has 3 aromatic rings. The Kier molecular flexibility index (Phi) is 6.44. The average Bonchev–Trinajstić information content (AvgIpc) is 3.46. The first-order chi connectivity index (χ1) is 16.0. The van der Waals surface area contributed by atoms with E-state index in [1.54, 1.807) is 30.7 Å². The monoisotopic (exact) mass is 447 g/mol. The molecule has 2 heterocycles. The van der Waals surface area contributed by atoms with Gasteiger partial charge in [0, 0.05) is 31.5 Å². The number of hydrogen-bond acceptors (Lipinski definition) is 6. The molecule has 1 amide bonds. The molecule has 1 aliphatic heterocycles. The topological polar surface area (TPSA) is 93.9 Å². The molecule has 0 spiro atoms. The smallest absolute Gasteiger partial charge is 0.295 e. The Morgan fingerprint density at radius 1 is 1.06 bits per heavy atom. The molecule has 8 heteroatoms. The third-order valence-corrected chi connectivity index (χ3v) is 5.69. The number of amides is 1. The molecule has 1 aromatic heterocycles. The van der Waals surface area contributed by atoms with Crippen LogP contribution in [0.2, 0.25) is 0 Å². The van der Waals surface area contributed by atoms with Gasteiger partial charge in [0.15, 0.2) is 0 Å². The van der Waals surface area contributed by atoms with Gasteiger partial charge < -0.3 is 24.0 Å². The standard InChI is InChI=1S/C25H25N3O5/c1-32-18-9-10-19(20(15-18)33-2)23(29)21-22(17-7-4-3-5-8-17)28(25(31)24(21)30)13-6-12-27-14-11-26-16-27/h3-5,7-11,14-16,22,29H,6,12-13H2,1-2H3/t22-/m1/s1. The Labute approximate surface area is 191 Å². The summed E-state index contributed by atoms with van der Waals surface area (Å²) in [5.74, 6) is -0.753. The zero-order valence-corrected chi connectivity index (χ0v) is 18.5. The van der Waals surface area contributed by atoms with Gasteiger partial charge in [-0.15, -0.1) is 0 Å². The van der Waals surface area contributed by atoms with Crippen molar-refractivity contribution in [2.45, 2.75) is 19.0 Å². The summed E-state index contributed by atoms with van der Waals surface area (Å²) in [6.45, 7) is 0.996. The van der Waals surface area contributed by atoms with E-state index in [1.807, 2.05) is 41.1 Å². The molecule has 0 radical (unpaired) electrons. The summed E-state index contributed by atoms with van der Waals surface area (Å²) >= 11 is 0. The number of methoxy groups -OCH3 is 2. The van der Waals surface area contributed by atoms with Crippen LogP contribution in [0.25, 0.3) is 5.76 Å². The van der Waals surface area contributed by atoms with Crippen LogP contribution >= 0.6 is 0 Å². The molecule has 1 aliphatic rings. The first kappa shape index (κ1) is 22.1. The summed E-state index contributed by atoms with van der Waals surface area (Å²) in [5, 5.41) is 11.3. The fourth-order valence-electron chi connectivity index (χ4n) is 4.07. The zero-order valence-electron chi connectivity index (χ0n) is 18.5. The molecule has 2 aromatic carbocycles. The Morgan fingerprint density at radius 2 is 1.85 bits per heavy atom. The summed E-state index contributed by atoms with van der Waals surface area (Å²) in [6.07, 6.45) is 5.87. The van der Waals surface area contributed by atoms with Crippen molar-refractivity contribution in [3.8, 4) is 11.5 Å². The fraction of sp³-hybridized carbons (Fsp3) is 0.240. The number of ketones is 1. The summed E-state index contributed by atoms with van der Waals surface area (Å²) in [7, 11) is 2.99. The summed E-state index contributed by atoms with van der Waals surface area (Å²) < 4.78 is 12.5. The van der Waals surface area contributed by atoms with Crippen molar-refractivity contribution in [3.63, 3.8) is 0 Å². The Bertz CT molecular complexity index is 1170. The van der Waals surface area contributed by atoms with E-state index in [-0.39, 0.29) is 11.3 Å². The number of ether oxygens (including phenoxy) is 2. The minimum absolute atomic E-state index is 0.0392. The maximum Gasteiger partial charge on any atom is 0.295 e. The van der Waals surface area contributed by atoms with E-state index in [9.17, 15) is 14.7 Å². The molecule has 0 aliphatic carbocycles. The molecular weight excluding hydrogens is 422 g/mol. The predicted molar refractivity (Wildman–Crippen MR) is 122 cm³/mol. The lowest BCUT2D eigenvalue weighted by molar-refractivity contribution is -0.139. The third kappa shape index (κ3) is 4.32. The quantitative estimate of drug-likeness (QED) is 0.323. The molecule has 0 bridgehead atoms. The molecule has 1 atom stereocenters. The molecule has 0 saturated carbocycles. The van der Waals surface area contributed by atoms with Gasteiger partial charge in [-0.3, -0.25) is 9.59 Å². The SMILES string of the molecule is COc1ccc(C(O)=C2C(=O)C(=O)N(CCCn3ccnc3)[C@@H]2c2ccccc2)c(OC)c1. The number of likely N-dealkylation sites (tertiary alicyclic amines) is 1. The lowest BCUT2D eigenvalue weighted by Crippen LogP contribution is -2.31. The number of aliphatic hydroxyl groups excluding tert-OH is 1. The molecule has 8 nitrogen and oxygen atoms in total. The van der Waals surface area contributed by atoms with Crippen molar-refractivity contribution in [1.29, 1.82) is 0 Å². The van der Waals surface area contributed by atoms with Crippen LogP contribution in [0, 0.1) is 0 Å². The van der Waals surface area contributed by atoms with Gasteiger partial charge >= 0.3 is 0 Å². The number of hydrogen-bond donors (Lipinski definition) is 1. The van der Waals surface area contributed by atoms with Crippen molar-refractivity contribution >= 4 is 17.4 Å². The minimum atomic E-state index is -0.721. The Balaban J connectivity index is 1.75. The van der Waals surface area contributed by atoms with E-state index in [4.69, 9.17) is 9.47 Å². The highest BCUT2D eigenvalue weighted by molar-refractivity contribution is 6.46. The molecule has 33 heavy (non-hydrogen) atoms. The second-order valence-corrected chi connectivity index (χ2v) is 7.62. The second kappa shape index (κ2) is 9.60. The number of rotatable bonds is 8. The van der Waals surface area contributed by atoms with Crippen LogP contribution in [-0.2, 0) is 16.1 Å². The number of aromatic nitrogens is 2. The highest BCUT2D eigenvalue weighted by Gasteiger charge is 2.46. The van der Waals surface area contributed by atoms with E-state index in [0.29, 0.717) is 36.6 Å². The largest absolute Gasteiger partial charge is 0.507 e. The molecule has 1 saturated heterocycles. The average molecular weight is 447 g/mol. The van der Waals surface area contributed by atoms with Crippen LogP contribution in [0.1, 0.15) is 23.6 Å². The molecule has 1 N–H and O–H groups in total. The molecule has 170 valence electrons. The number of Topliss-reactive ketones (excluding diaryl/α,β-unsaturated/α-hetero) is 1. The fourth-order valence-corrected chi connectivity index (χ4v) is 4.07. The van der Waals surface area contributed by atoms with Crippen LogP contribution in [0.4, 0.5) is 0 Å². The number of aryl methyl sites for hydroxylation is 1. The van der Waals surface area contributed by atoms with Crippen molar-refractivity contribution in [2.75, 3.05) is 20.8 Å². The first-order valence-corrected chi connectivity index (χ1v) is 10.6. The molecular formula is C25H25N3O5. The van der Waals surface area contributed by atoms with Gasteiger partial charge in [0.05, 0.1) is 37.7 Å². The van der Waals surface area contributed by atoms with Gasteiger partial charge in [-0.1, -0.05) is 30.3 Å². The highest BCUT2D eigenvalue weighted by atomic mass is 16.5. The summed E-state index contributed by atoms with van der Waals surface area (Å²) in [6, 6.07) is 13.4. The van der Waals surface area contributed by atoms with Crippen molar-refractivity contribution in [1.82, 2.24) is 14.5 Å². The highest BCUT2D eigenvalue weighted by Crippen LogP contribution is 2.41. The number of carbonyl (C=O) groups excluding carboxylic acids is 2. The Morgan fingerprint density at radius 3 is 2.52 bits per heavy atom. The third-order valence-electron chi connectivity index (χ3n) is 5.69. The van der Waals surface area contributed by atoms with Gasteiger partial charge in [0.1, 0.15) is 17.3 Å². The second-order valence-electron chi connectivity index (χ2n) is 7.62. The van der Waals surface area contributed by atoms with Crippen LogP contribution in [0.3, 0.4) is 0 Å².